The number of para-hydroxylation sites is 1. The predicted molar refractivity (Wildman–Crippen MR) is 123 cm³/mol. The molecule has 2 saturated heterocycles. The molecule has 4 atom stereocenters. The van der Waals surface area contributed by atoms with Gasteiger partial charge in [-0.2, -0.15) is 5.10 Å². The summed E-state index contributed by atoms with van der Waals surface area (Å²) in [7, 11) is 1.71. The molecular weight excluding hydrogens is 406 g/mol. The van der Waals surface area contributed by atoms with E-state index < -0.39 is 6.10 Å². The molecule has 2 N–H and O–H groups in total. The van der Waals surface area contributed by atoms with E-state index in [4.69, 9.17) is 0 Å². The highest BCUT2D eigenvalue weighted by Crippen LogP contribution is 2.36. The lowest BCUT2D eigenvalue weighted by molar-refractivity contribution is -0.129. The van der Waals surface area contributed by atoms with E-state index in [0.717, 1.165) is 36.6 Å². The number of piperidine rings is 1. The van der Waals surface area contributed by atoms with E-state index in [9.17, 15) is 14.7 Å². The van der Waals surface area contributed by atoms with E-state index >= 15 is 0 Å². The van der Waals surface area contributed by atoms with Gasteiger partial charge in [-0.25, -0.2) is 0 Å². The molecule has 0 spiro atoms. The van der Waals surface area contributed by atoms with Gasteiger partial charge in [0.05, 0.1) is 11.6 Å². The number of nitrogens with zero attached hydrogens (tertiary/aromatic N) is 4. The Morgan fingerprint density at radius 3 is 2.50 bits per heavy atom. The summed E-state index contributed by atoms with van der Waals surface area (Å²) < 4.78 is 1.91. The molecule has 3 heterocycles. The maximum atomic E-state index is 13.2. The molecule has 2 aromatic rings. The Morgan fingerprint density at radius 1 is 1.22 bits per heavy atom. The summed E-state index contributed by atoms with van der Waals surface area (Å²) in [5.74, 6) is -0.151. The fourth-order valence-corrected chi connectivity index (χ4v) is 5.34. The fraction of sp³-hybridized carbons (Fsp3) is 0.625. The molecule has 32 heavy (non-hydrogen) atoms. The quantitative estimate of drug-likeness (QED) is 0.687. The van der Waals surface area contributed by atoms with Gasteiger partial charge >= 0.3 is 0 Å². The first-order valence-corrected chi connectivity index (χ1v) is 11.7. The number of hydrogen-bond acceptors (Lipinski definition) is 5. The maximum Gasteiger partial charge on any atom is 0.272 e. The zero-order chi connectivity index (χ0) is 23.0. The van der Waals surface area contributed by atoms with Gasteiger partial charge in [0.25, 0.3) is 5.91 Å². The average Bonchev–Trinajstić information content (AvgIpc) is 3.22. The molecule has 1 aromatic heterocycles. The fourth-order valence-electron chi connectivity index (χ4n) is 5.34. The second kappa shape index (κ2) is 9.19. The number of carbonyl (C=O) groups excluding carboxylic acids is 2. The number of amides is 2. The first-order chi connectivity index (χ1) is 15.2. The van der Waals surface area contributed by atoms with Crippen molar-refractivity contribution in [3.63, 3.8) is 0 Å². The van der Waals surface area contributed by atoms with Gasteiger partial charge in [0.15, 0.2) is 5.69 Å². The number of aromatic nitrogens is 2. The van der Waals surface area contributed by atoms with Crippen LogP contribution in [0.1, 0.15) is 63.0 Å². The highest BCUT2D eigenvalue weighted by molar-refractivity contribution is 6.05. The molecule has 1 aromatic carbocycles. The number of aliphatic hydroxyl groups is 1. The van der Waals surface area contributed by atoms with Crippen molar-refractivity contribution in [3.8, 4) is 0 Å². The van der Waals surface area contributed by atoms with Gasteiger partial charge in [0.1, 0.15) is 0 Å². The Bertz CT molecular complexity index is 973. The van der Waals surface area contributed by atoms with Crippen LogP contribution in [0.3, 0.4) is 0 Å². The summed E-state index contributed by atoms with van der Waals surface area (Å²) in [6, 6.07) is 8.86. The number of fused-ring (bicyclic) bond motifs is 3. The number of benzene rings is 1. The van der Waals surface area contributed by atoms with E-state index in [2.05, 4.69) is 29.2 Å². The summed E-state index contributed by atoms with van der Waals surface area (Å²) in [6.45, 7) is 6.56. The number of nitrogens with one attached hydrogen (secondary N) is 1. The van der Waals surface area contributed by atoms with Gasteiger partial charge in [-0.15, -0.1) is 0 Å². The largest absolute Gasteiger partial charge is 0.390 e. The standard InChI is InChI=1S/C24H35N5O3/c1-15(2)29-22-8-6-5-7-21(22)23(26-29)24(32)25-17-11-18-9-10-19(12-17)28(18)14-20(31)13-27(4)16(3)30/h5-8,15,17-20,31H,9-14H2,1-4H3,(H,25,32)/t17-,18-,19+,20?. The minimum absolute atomic E-state index is 0.0409. The molecule has 2 fully saturated rings. The number of carbonyl (C=O) groups is 2. The molecule has 2 aliphatic rings. The highest BCUT2D eigenvalue weighted by atomic mass is 16.3. The third kappa shape index (κ3) is 4.52. The number of hydrogen-bond donors (Lipinski definition) is 2. The minimum Gasteiger partial charge on any atom is -0.390 e. The molecule has 2 amide bonds. The van der Waals surface area contributed by atoms with Crippen LogP contribution in [0, 0.1) is 0 Å². The first kappa shape index (κ1) is 22.7. The summed E-state index contributed by atoms with van der Waals surface area (Å²) in [5, 5.41) is 19.2. The van der Waals surface area contributed by atoms with Crippen LogP contribution in [-0.2, 0) is 4.79 Å². The van der Waals surface area contributed by atoms with Gasteiger partial charge in [-0.05, 0) is 45.6 Å². The van der Waals surface area contributed by atoms with Crippen molar-refractivity contribution in [1.29, 1.82) is 0 Å². The summed E-state index contributed by atoms with van der Waals surface area (Å²) in [4.78, 5) is 28.5. The van der Waals surface area contributed by atoms with E-state index in [1.165, 1.54) is 6.92 Å². The van der Waals surface area contributed by atoms with Gasteiger partial charge < -0.3 is 15.3 Å². The van der Waals surface area contributed by atoms with Crippen molar-refractivity contribution >= 4 is 22.7 Å². The van der Waals surface area contributed by atoms with Crippen molar-refractivity contribution < 1.29 is 14.7 Å². The Morgan fingerprint density at radius 2 is 1.88 bits per heavy atom. The van der Waals surface area contributed by atoms with Crippen molar-refractivity contribution in [1.82, 2.24) is 24.9 Å². The molecule has 0 saturated carbocycles. The smallest absolute Gasteiger partial charge is 0.272 e. The van der Waals surface area contributed by atoms with Gasteiger partial charge in [-0.3, -0.25) is 19.2 Å². The SMILES string of the molecule is CC(=O)N(C)CC(O)CN1[C@@H]2CC[C@H]1C[C@H](NC(=O)c1nn(C(C)C)c3ccccc13)C2. The predicted octanol–water partition coefficient (Wildman–Crippen LogP) is 2.18. The molecule has 2 aliphatic heterocycles. The second-order valence-corrected chi connectivity index (χ2v) is 9.68. The van der Waals surface area contributed by atoms with Crippen LogP contribution in [0.25, 0.3) is 10.9 Å². The lowest BCUT2D eigenvalue weighted by Crippen LogP contribution is -2.53. The topological polar surface area (TPSA) is 90.7 Å². The van der Waals surface area contributed by atoms with E-state index in [1.807, 2.05) is 28.9 Å². The summed E-state index contributed by atoms with van der Waals surface area (Å²) in [6.07, 6.45) is 3.35. The molecule has 1 unspecified atom stereocenters. The third-order valence-corrected chi connectivity index (χ3v) is 6.98. The highest BCUT2D eigenvalue weighted by Gasteiger charge is 2.42. The Hall–Kier alpha value is -2.45. The summed E-state index contributed by atoms with van der Waals surface area (Å²) >= 11 is 0. The van der Waals surface area contributed by atoms with Crippen LogP contribution in [0.4, 0.5) is 0 Å². The van der Waals surface area contributed by atoms with E-state index in [1.54, 1.807) is 11.9 Å². The lowest BCUT2D eigenvalue weighted by Gasteiger charge is -2.40. The molecular formula is C24H35N5O3. The Balaban J connectivity index is 1.40. The molecule has 8 heteroatoms. The normalized spacial score (nSPS) is 24.1. The van der Waals surface area contributed by atoms with Crippen LogP contribution in [0.5, 0.6) is 0 Å². The van der Waals surface area contributed by atoms with Gasteiger partial charge in [-0.1, -0.05) is 18.2 Å². The van der Waals surface area contributed by atoms with Crippen LogP contribution >= 0.6 is 0 Å². The van der Waals surface area contributed by atoms with Crippen LogP contribution < -0.4 is 5.32 Å². The van der Waals surface area contributed by atoms with Crippen LogP contribution in [0.15, 0.2) is 24.3 Å². The van der Waals surface area contributed by atoms with Crippen molar-refractivity contribution in [2.75, 3.05) is 20.1 Å². The van der Waals surface area contributed by atoms with E-state index in [-0.39, 0.29) is 23.9 Å². The number of rotatable bonds is 7. The third-order valence-electron chi connectivity index (χ3n) is 6.98. The zero-order valence-corrected chi connectivity index (χ0v) is 19.5. The summed E-state index contributed by atoms with van der Waals surface area (Å²) in [5.41, 5.74) is 1.47. The monoisotopic (exact) mass is 441 g/mol. The van der Waals surface area contributed by atoms with Crippen LogP contribution in [0.2, 0.25) is 0 Å². The molecule has 174 valence electrons. The molecule has 0 radical (unpaired) electrons. The molecule has 2 bridgehead atoms. The number of aliphatic hydroxyl groups excluding tert-OH is 1. The van der Waals surface area contributed by atoms with Crippen molar-refractivity contribution in [2.45, 2.75) is 76.7 Å². The second-order valence-electron chi connectivity index (χ2n) is 9.68. The van der Waals surface area contributed by atoms with Crippen molar-refractivity contribution in [3.05, 3.63) is 30.0 Å². The first-order valence-electron chi connectivity index (χ1n) is 11.7. The minimum atomic E-state index is -0.565. The Kier molecular flexibility index (Phi) is 6.53. The average molecular weight is 442 g/mol. The van der Waals surface area contributed by atoms with Crippen LogP contribution in [-0.4, -0.2) is 80.9 Å². The lowest BCUT2D eigenvalue weighted by atomic mass is 9.96. The van der Waals surface area contributed by atoms with Gasteiger partial charge in [0.2, 0.25) is 5.91 Å². The number of likely N-dealkylation sites (N-methyl/N-ethyl adjacent to an activating group) is 1. The molecule has 0 aliphatic carbocycles. The molecule has 8 nitrogen and oxygen atoms in total. The zero-order valence-electron chi connectivity index (χ0n) is 19.5. The van der Waals surface area contributed by atoms with E-state index in [0.29, 0.717) is 30.9 Å². The molecule has 4 rings (SSSR count). The Labute approximate surface area is 189 Å². The van der Waals surface area contributed by atoms with Crippen molar-refractivity contribution in [2.24, 2.45) is 0 Å². The maximum absolute atomic E-state index is 13.2. The van der Waals surface area contributed by atoms with Gasteiger partial charge in [0, 0.05) is 56.6 Å².